The van der Waals surface area contributed by atoms with Gasteiger partial charge >= 0.3 is 0 Å². The van der Waals surface area contributed by atoms with Crippen molar-refractivity contribution in [1.82, 2.24) is 10.3 Å². The summed E-state index contributed by atoms with van der Waals surface area (Å²) in [4.78, 5) is 4.08. The molecule has 0 saturated carbocycles. The minimum Gasteiger partial charge on any atom is -0.495 e. The molecule has 2 rings (SSSR count). The Morgan fingerprint density at radius 1 is 1.29 bits per heavy atom. The Morgan fingerprint density at radius 3 is 2.81 bits per heavy atom. The van der Waals surface area contributed by atoms with E-state index in [1.165, 1.54) is 6.07 Å². The van der Waals surface area contributed by atoms with Gasteiger partial charge in [-0.15, -0.1) is 0 Å². The van der Waals surface area contributed by atoms with Gasteiger partial charge in [-0.3, -0.25) is 4.98 Å². The fraction of sp³-hybridized carbons (Fsp3) is 0.353. The van der Waals surface area contributed by atoms with Gasteiger partial charge in [0.25, 0.3) is 0 Å². The Morgan fingerprint density at radius 2 is 2.10 bits per heavy atom. The number of hydrogen-bond acceptors (Lipinski definition) is 3. The first kappa shape index (κ1) is 15.4. The van der Waals surface area contributed by atoms with Crippen LogP contribution in [-0.4, -0.2) is 18.6 Å². The number of pyridine rings is 1. The summed E-state index contributed by atoms with van der Waals surface area (Å²) in [6.45, 7) is 2.97. The average Bonchev–Trinajstić information content (AvgIpc) is 2.53. The Balaban J connectivity index is 2.28. The van der Waals surface area contributed by atoms with Crippen molar-refractivity contribution in [1.29, 1.82) is 0 Å². The van der Waals surface area contributed by atoms with E-state index in [9.17, 15) is 4.39 Å². The van der Waals surface area contributed by atoms with E-state index in [2.05, 4.69) is 17.2 Å². The molecule has 0 amide bonds. The van der Waals surface area contributed by atoms with E-state index in [-0.39, 0.29) is 11.9 Å². The number of aromatic nitrogens is 1. The van der Waals surface area contributed by atoms with E-state index in [1.807, 2.05) is 18.2 Å². The standard InChI is InChI=1S/C17H21FN2O/c1-3-9-20-16(11-13-6-4-5-7-15(13)18)14-8-10-19-12-17(14)21-2/h4-8,10,12,16,20H,3,9,11H2,1-2H3. The van der Waals surface area contributed by atoms with E-state index in [1.54, 1.807) is 25.6 Å². The second-order valence-corrected chi connectivity index (χ2v) is 4.92. The van der Waals surface area contributed by atoms with E-state index in [0.717, 1.165) is 24.3 Å². The van der Waals surface area contributed by atoms with Crippen molar-refractivity contribution >= 4 is 0 Å². The van der Waals surface area contributed by atoms with Gasteiger partial charge in [0.15, 0.2) is 0 Å². The quantitative estimate of drug-likeness (QED) is 0.846. The van der Waals surface area contributed by atoms with Crippen LogP contribution in [0.25, 0.3) is 0 Å². The van der Waals surface area contributed by atoms with Crippen LogP contribution < -0.4 is 10.1 Å². The average molecular weight is 288 g/mol. The summed E-state index contributed by atoms with van der Waals surface area (Å²) in [7, 11) is 1.63. The van der Waals surface area contributed by atoms with Gasteiger partial charge in [0.2, 0.25) is 0 Å². The minimum atomic E-state index is -0.172. The number of nitrogens with one attached hydrogen (secondary N) is 1. The molecule has 0 aliphatic rings. The summed E-state index contributed by atoms with van der Waals surface area (Å²) in [6.07, 6.45) is 5.02. The van der Waals surface area contributed by atoms with E-state index in [4.69, 9.17) is 4.74 Å². The number of halogens is 1. The summed E-state index contributed by atoms with van der Waals surface area (Å²) >= 11 is 0. The van der Waals surface area contributed by atoms with Gasteiger partial charge < -0.3 is 10.1 Å². The van der Waals surface area contributed by atoms with Crippen LogP contribution in [0.4, 0.5) is 4.39 Å². The largest absolute Gasteiger partial charge is 0.495 e. The van der Waals surface area contributed by atoms with Crippen LogP contribution in [0.1, 0.15) is 30.5 Å². The highest BCUT2D eigenvalue weighted by Gasteiger charge is 2.17. The van der Waals surface area contributed by atoms with Crippen LogP contribution in [0.2, 0.25) is 0 Å². The zero-order valence-electron chi connectivity index (χ0n) is 12.5. The normalized spacial score (nSPS) is 12.1. The topological polar surface area (TPSA) is 34.2 Å². The molecule has 0 bridgehead atoms. The Kier molecular flexibility index (Phi) is 5.69. The maximum absolute atomic E-state index is 13.9. The lowest BCUT2D eigenvalue weighted by Crippen LogP contribution is -2.25. The number of ether oxygens (including phenoxy) is 1. The molecule has 4 heteroatoms. The number of benzene rings is 1. The third-order valence-electron chi connectivity index (χ3n) is 3.43. The lowest BCUT2D eigenvalue weighted by atomic mass is 9.98. The minimum absolute atomic E-state index is 0.000185. The van der Waals surface area contributed by atoms with Crippen molar-refractivity contribution in [2.45, 2.75) is 25.8 Å². The van der Waals surface area contributed by atoms with Crippen molar-refractivity contribution in [3.8, 4) is 5.75 Å². The number of nitrogens with zero attached hydrogens (tertiary/aromatic N) is 1. The maximum atomic E-state index is 13.9. The first-order valence-corrected chi connectivity index (χ1v) is 7.21. The third-order valence-corrected chi connectivity index (χ3v) is 3.43. The predicted octanol–water partition coefficient (Wildman–Crippen LogP) is 3.51. The monoisotopic (exact) mass is 288 g/mol. The van der Waals surface area contributed by atoms with Crippen molar-refractivity contribution in [2.24, 2.45) is 0 Å². The molecule has 1 heterocycles. The van der Waals surface area contributed by atoms with Gasteiger partial charge in [-0.1, -0.05) is 25.1 Å². The summed E-state index contributed by atoms with van der Waals surface area (Å²) in [6, 6.07) is 8.81. The highest BCUT2D eigenvalue weighted by Crippen LogP contribution is 2.27. The van der Waals surface area contributed by atoms with Crippen LogP contribution in [0.15, 0.2) is 42.7 Å². The zero-order chi connectivity index (χ0) is 15.1. The number of rotatable bonds is 7. The fourth-order valence-corrected chi connectivity index (χ4v) is 2.34. The van der Waals surface area contributed by atoms with Crippen LogP contribution in [-0.2, 0) is 6.42 Å². The van der Waals surface area contributed by atoms with Crippen molar-refractivity contribution < 1.29 is 9.13 Å². The van der Waals surface area contributed by atoms with Crippen molar-refractivity contribution in [3.63, 3.8) is 0 Å². The number of methoxy groups -OCH3 is 1. The molecule has 112 valence electrons. The van der Waals surface area contributed by atoms with Crippen LogP contribution in [0.5, 0.6) is 5.75 Å². The van der Waals surface area contributed by atoms with Gasteiger partial charge in [0, 0.05) is 17.8 Å². The Bertz CT molecular complexity index is 574. The van der Waals surface area contributed by atoms with Gasteiger partial charge in [0.05, 0.1) is 13.3 Å². The molecular formula is C17H21FN2O. The van der Waals surface area contributed by atoms with Gasteiger partial charge in [-0.2, -0.15) is 0 Å². The van der Waals surface area contributed by atoms with Crippen molar-refractivity contribution in [2.75, 3.05) is 13.7 Å². The molecule has 3 nitrogen and oxygen atoms in total. The third kappa shape index (κ3) is 4.02. The summed E-state index contributed by atoms with van der Waals surface area (Å²) < 4.78 is 19.3. The first-order valence-electron chi connectivity index (χ1n) is 7.21. The molecule has 21 heavy (non-hydrogen) atoms. The Labute approximate surface area is 125 Å². The second-order valence-electron chi connectivity index (χ2n) is 4.92. The molecule has 1 atom stereocenters. The predicted molar refractivity (Wildman–Crippen MR) is 81.9 cm³/mol. The first-order chi connectivity index (χ1) is 10.3. The van der Waals surface area contributed by atoms with Crippen LogP contribution >= 0.6 is 0 Å². The molecule has 0 radical (unpaired) electrons. The van der Waals surface area contributed by atoms with Crippen molar-refractivity contribution in [3.05, 3.63) is 59.7 Å². The fourth-order valence-electron chi connectivity index (χ4n) is 2.34. The van der Waals surface area contributed by atoms with Gasteiger partial charge in [-0.25, -0.2) is 4.39 Å². The number of hydrogen-bond donors (Lipinski definition) is 1. The molecule has 1 unspecified atom stereocenters. The zero-order valence-corrected chi connectivity index (χ0v) is 12.5. The highest BCUT2D eigenvalue weighted by atomic mass is 19.1. The Hall–Kier alpha value is -1.94. The molecular weight excluding hydrogens is 267 g/mol. The van der Waals surface area contributed by atoms with E-state index in [0.29, 0.717) is 12.0 Å². The van der Waals surface area contributed by atoms with Gasteiger partial charge in [0.1, 0.15) is 11.6 Å². The molecule has 1 aromatic carbocycles. The van der Waals surface area contributed by atoms with E-state index >= 15 is 0 Å². The summed E-state index contributed by atoms with van der Waals surface area (Å²) in [5.74, 6) is 0.552. The summed E-state index contributed by atoms with van der Waals surface area (Å²) in [5.41, 5.74) is 1.70. The lowest BCUT2D eigenvalue weighted by molar-refractivity contribution is 0.395. The molecule has 0 fully saturated rings. The molecule has 0 spiro atoms. The SMILES string of the molecule is CCCNC(Cc1ccccc1F)c1ccncc1OC. The molecule has 0 saturated heterocycles. The molecule has 0 aliphatic heterocycles. The summed E-state index contributed by atoms with van der Waals surface area (Å²) in [5, 5.41) is 3.46. The molecule has 1 aromatic heterocycles. The van der Waals surface area contributed by atoms with Crippen LogP contribution in [0.3, 0.4) is 0 Å². The van der Waals surface area contributed by atoms with Crippen LogP contribution in [0, 0.1) is 5.82 Å². The molecule has 1 N–H and O–H groups in total. The highest BCUT2D eigenvalue weighted by molar-refractivity contribution is 5.34. The molecule has 2 aromatic rings. The van der Waals surface area contributed by atoms with E-state index < -0.39 is 0 Å². The maximum Gasteiger partial charge on any atom is 0.141 e. The van der Waals surface area contributed by atoms with Gasteiger partial charge in [-0.05, 0) is 37.1 Å². The smallest absolute Gasteiger partial charge is 0.141 e. The lowest BCUT2D eigenvalue weighted by Gasteiger charge is -2.21. The molecule has 0 aliphatic carbocycles. The second kappa shape index (κ2) is 7.74.